The molecule has 0 spiro atoms. The van der Waals surface area contributed by atoms with Crippen LogP contribution < -0.4 is 0 Å². The number of carboxylic acid groups (broad SMARTS) is 2. The van der Waals surface area contributed by atoms with Crippen LogP contribution in [0.25, 0.3) is 0 Å². The fourth-order valence-electron chi connectivity index (χ4n) is 0.432. The van der Waals surface area contributed by atoms with Crippen LogP contribution in [0.3, 0.4) is 0 Å². The van der Waals surface area contributed by atoms with Gasteiger partial charge in [-0.2, -0.15) is 0 Å². The summed E-state index contributed by atoms with van der Waals surface area (Å²) in [5.41, 5.74) is 0. The molecule has 0 aliphatic heterocycles. The van der Waals surface area contributed by atoms with Gasteiger partial charge in [-0.25, -0.2) is 9.59 Å². The lowest BCUT2D eigenvalue weighted by Gasteiger charge is -2.07. The number of hydrogen-bond acceptors (Lipinski definition) is 4. The zero-order chi connectivity index (χ0) is 9.72. The lowest BCUT2D eigenvalue weighted by molar-refractivity contribution is -0.151. The molecule has 0 radical (unpaired) electrons. The van der Waals surface area contributed by atoms with E-state index in [0.717, 1.165) is 0 Å². The first-order chi connectivity index (χ1) is 5.45. The van der Waals surface area contributed by atoms with Crippen molar-refractivity contribution in [1.29, 1.82) is 0 Å². The van der Waals surface area contributed by atoms with E-state index in [0.29, 0.717) is 12.2 Å². The van der Waals surface area contributed by atoms with E-state index in [9.17, 15) is 9.59 Å². The second-order valence-corrected chi connectivity index (χ2v) is 1.97. The molecule has 0 aliphatic rings. The molecule has 0 bridgehead atoms. The molecule has 0 aliphatic carbocycles. The largest absolute Gasteiger partial charge is 0.479 e. The maximum atomic E-state index is 9.99. The van der Waals surface area contributed by atoms with Crippen LogP contribution in [0.5, 0.6) is 0 Å². The van der Waals surface area contributed by atoms with Gasteiger partial charge in [-0.1, -0.05) is 0 Å². The fraction of sp³-hybridized carbons (Fsp3) is 0.333. The number of carbonyl (C=O) groups is 2. The minimum Gasteiger partial charge on any atom is -0.479 e. The second-order valence-electron chi connectivity index (χ2n) is 1.97. The molecule has 0 fully saturated rings. The molecule has 2 atom stereocenters. The maximum Gasteiger partial charge on any atom is 0.335 e. The molecule has 0 amide bonds. The average molecular weight is 176 g/mol. The quantitative estimate of drug-likeness (QED) is 0.385. The molecule has 0 saturated carbocycles. The van der Waals surface area contributed by atoms with Crippen LogP contribution in [0, 0.1) is 0 Å². The molecule has 0 aromatic carbocycles. The second kappa shape index (κ2) is 4.47. The summed E-state index contributed by atoms with van der Waals surface area (Å²) in [5, 5.41) is 33.6. The highest BCUT2D eigenvalue weighted by atomic mass is 16.4. The van der Waals surface area contributed by atoms with Gasteiger partial charge in [-0.3, -0.25) is 0 Å². The van der Waals surface area contributed by atoms with Crippen LogP contribution in [-0.4, -0.2) is 44.6 Å². The van der Waals surface area contributed by atoms with Crippen molar-refractivity contribution in [2.75, 3.05) is 0 Å². The molecule has 0 aromatic heterocycles. The first-order valence-corrected chi connectivity index (χ1v) is 2.95. The zero-order valence-electron chi connectivity index (χ0n) is 5.91. The summed E-state index contributed by atoms with van der Waals surface area (Å²) in [7, 11) is 0. The molecule has 0 aromatic rings. The Morgan fingerprint density at radius 1 is 1.17 bits per heavy atom. The van der Waals surface area contributed by atoms with Gasteiger partial charge in [-0.15, -0.1) is 0 Å². The topological polar surface area (TPSA) is 115 Å². The standard InChI is InChI=1S/C6H8O6/c7-3(1-2-4(8)9)5(10)6(11)12/h1-3,5,7,10H,(H,8,9)(H,11,12)/b2-1+/t3-,5+/m0/s1. The molecular formula is C6H8O6. The predicted molar refractivity (Wildman–Crippen MR) is 36.4 cm³/mol. The Morgan fingerprint density at radius 3 is 2.00 bits per heavy atom. The summed E-state index contributed by atoms with van der Waals surface area (Å²) in [5.74, 6) is -2.94. The van der Waals surface area contributed by atoms with E-state index in [1.165, 1.54) is 0 Å². The van der Waals surface area contributed by atoms with Crippen LogP contribution in [0.1, 0.15) is 0 Å². The highest BCUT2D eigenvalue weighted by Crippen LogP contribution is 1.95. The lowest BCUT2D eigenvalue weighted by atomic mass is 10.2. The molecule has 4 N–H and O–H groups in total. The van der Waals surface area contributed by atoms with Crippen molar-refractivity contribution < 1.29 is 30.0 Å². The van der Waals surface area contributed by atoms with Gasteiger partial charge in [0, 0.05) is 6.08 Å². The first kappa shape index (κ1) is 10.6. The van der Waals surface area contributed by atoms with Crippen LogP contribution in [0.4, 0.5) is 0 Å². The third-order valence-electron chi connectivity index (χ3n) is 1.01. The number of aliphatic carboxylic acids is 2. The average Bonchev–Trinajstić information content (AvgIpc) is 1.98. The number of aliphatic hydroxyl groups is 2. The van der Waals surface area contributed by atoms with E-state index in [1.54, 1.807) is 0 Å². The molecule has 0 unspecified atom stereocenters. The molecule has 0 rings (SSSR count). The van der Waals surface area contributed by atoms with Crippen molar-refractivity contribution in [2.45, 2.75) is 12.2 Å². The van der Waals surface area contributed by atoms with Gasteiger partial charge >= 0.3 is 11.9 Å². The molecule has 6 heteroatoms. The minimum atomic E-state index is -2.00. The first-order valence-electron chi connectivity index (χ1n) is 2.95. The van der Waals surface area contributed by atoms with Gasteiger partial charge < -0.3 is 20.4 Å². The van der Waals surface area contributed by atoms with Crippen molar-refractivity contribution in [1.82, 2.24) is 0 Å². The molecule has 12 heavy (non-hydrogen) atoms. The molecular weight excluding hydrogens is 168 g/mol. The van der Waals surface area contributed by atoms with Gasteiger partial charge in [0.15, 0.2) is 6.10 Å². The summed E-state index contributed by atoms with van der Waals surface area (Å²) in [6.07, 6.45) is -2.48. The van der Waals surface area contributed by atoms with Gasteiger partial charge in [-0.05, 0) is 6.08 Å². The summed E-state index contributed by atoms with van der Waals surface area (Å²) >= 11 is 0. The summed E-state index contributed by atoms with van der Waals surface area (Å²) in [6, 6.07) is 0. The Labute approximate surface area is 67.4 Å². The van der Waals surface area contributed by atoms with Crippen LogP contribution in [0.15, 0.2) is 12.2 Å². The highest BCUT2D eigenvalue weighted by molar-refractivity contribution is 5.80. The Balaban J connectivity index is 4.12. The minimum absolute atomic E-state index is 0.552. The Bertz CT molecular complexity index is 208. The van der Waals surface area contributed by atoms with Crippen LogP contribution in [-0.2, 0) is 9.59 Å². The number of aliphatic hydroxyl groups excluding tert-OH is 2. The fourth-order valence-corrected chi connectivity index (χ4v) is 0.432. The highest BCUT2D eigenvalue weighted by Gasteiger charge is 2.20. The van der Waals surface area contributed by atoms with Crippen molar-refractivity contribution >= 4 is 11.9 Å². The molecule has 6 nitrogen and oxygen atoms in total. The number of carboxylic acids is 2. The smallest absolute Gasteiger partial charge is 0.335 e. The van der Waals surface area contributed by atoms with E-state index >= 15 is 0 Å². The Hall–Kier alpha value is -1.40. The van der Waals surface area contributed by atoms with E-state index < -0.39 is 24.1 Å². The van der Waals surface area contributed by atoms with Crippen LogP contribution in [0.2, 0.25) is 0 Å². The monoisotopic (exact) mass is 176 g/mol. The maximum absolute atomic E-state index is 9.99. The predicted octanol–water partition coefficient (Wildman–Crippen LogP) is -1.57. The van der Waals surface area contributed by atoms with Crippen molar-refractivity contribution in [3.05, 3.63) is 12.2 Å². The van der Waals surface area contributed by atoms with Gasteiger partial charge in [0.1, 0.15) is 6.10 Å². The van der Waals surface area contributed by atoms with Crippen molar-refractivity contribution in [3.63, 3.8) is 0 Å². The SMILES string of the molecule is O=C(O)/C=C/[C@H](O)[C@@H](O)C(=O)O. The Kier molecular flexibility index (Phi) is 3.95. The van der Waals surface area contributed by atoms with E-state index in [-0.39, 0.29) is 0 Å². The number of rotatable bonds is 4. The summed E-state index contributed by atoms with van der Waals surface area (Å²) in [4.78, 5) is 19.9. The zero-order valence-corrected chi connectivity index (χ0v) is 5.91. The molecule has 68 valence electrons. The summed E-state index contributed by atoms with van der Waals surface area (Å²) in [6.45, 7) is 0. The normalized spacial score (nSPS) is 15.8. The van der Waals surface area contributed by atoms with Gasteiger partial charge in [0.2, 0.25) is 0 Å². The van der Waals surface area contributed by atoms with Gasteiger partial charge in [0.25, 0.3) is 0 Å². The third kappa shape index (κ3) is 3.69. The van der Waals surface area contributed by atoms with Crippen molar-refractivity contribution in [3.8, 4) is 0 Å². The van der Waals surface area contributed by atoms with E-state index in [4.69, 9.17) is 20.4 Å². The molecule has 0 saturated heterocycles. The molecule has 0 heterocycles. The van der Waals surface area contributed by atoms with Crippen molar-refractivity contribution in [2.24, 2.45) is 0 Å². The van der Waals surface area contributed by atoms with E-state index in [2.05, 4.69) is 0 Å². The third-order valence-corrected chi connectivity index (χ3v) is 1.01. The van der Waals surface area contributed by atoms with E-state index in [1.807, 2.05) is 0 Å². The summed E-state index contributed by atoms with van der Waals surface area (Å²) < 4.78 is 0. The lowest BCUT2D eigenvalue weighted by Crippen LogP contribution is -2.32. The van der Waals surface area contributed by atoms with Gasteiger partial charge in [0.05, 0.1) is 0 Å². The number of hydrogen-bond donors (Lipinski definition) is 4. The Morgan fingerprint density at radius 2 is 1.67 bits per heavy atom. The van der Waals surface area contributed by atoms with Crippen LogP contribution >= 0.6 is 0 Å².